The van der Waals surface area contributed by atoms with Gasteiger partial charge in [-0.1, -0.05) is 58.0 Å². The standard InChI is InChI=1S/C8H4Cl5NO2S/c9-3-4(10)6(12)8(7(13)5(3)11)17-14-1-2(15)16/h14H,1H2,(H,15,16). The first kappa shape index (κ1) is 15.5. The summed E-state index contributed by atoms with van der Waals surface area (Å²) in [6.07, 6.45) is 0. The predicted octanol–water partition coefficient (Wildman–Crippen LogP) is 4.63. The van der Waals surface area contributed by atoms with Crippen LogP contribution in [0.25, 0.3) is 0 Å². The maximum atomic E-state index is 10.3. The third kappa shape index (κ3) is 3.70. The number of rotatable bonds is 4. The Morgan fingerprint density at radius 1 is 1.00 bits per heavy atom. The van der Waals surface area contributed by atoms with E-state index in [1.165, 1.54) is 0 Å². The van der Waals surface area contributed by atoms with Gasteiger partial charge in [0, 0.05) is 0 Å². The summed E-state index contributed by atoms with van der Waals surface area (Å²) >= 11 is 30.2. The van der Waals surface area contributed by atoms with Crippen molar-refractivity contribution in [3.05, 3.63) is 25.1 Å². The van der Waals surface area contributed by atoms with Crippen LogP contribution in [0.3, 0.4) is 0 Å². The first-order chi connectivity index (χ1) is 7.86. The van der Waals surface area contributed by atoms with E-state index in [0.717, 1.165) is 11.9 Å². The smallest absolute Gasteiger partial charge is 0.318 e. The molecule has 0 unspecified atom stereocenters. The zero-order valence-corrected chi connectivity index (χ0v) is 12.5. The number of halogens is 5. The molecule has 0 aliphatic carbocycles. The van der Waals surface area contributed by atoms with Crippen LogP contribution in [0.1, 0.15) is 0 Å². The fraction of sp³-hybridized carbons (Fsp3) is 0.125. The monoisotopic (exact) mass is 353 g/mol. The molecule has 3 nitrogen and oxygen atoms in total. The molecule has 0 amide bonds. The van der Waals surface area contributed by atoms with Crippen LogP contribution in [0.5, 0.6) is 0 Å². The second-order valence-corrected chi connectivity index (χ2v) is 5.51. The molecule has 0 saturated heterocycles. The van der Waals surface area contributed by atoms with E-state index in [1.54, 1.807) is 0 Å². The van der Waals surface area contributed by atoms with Crippen LogP contribution in [-0.2, 0) is 4.79 Å². The van der Waals surface area contributed by atoms with E-state index >= 15 is 0 Å². The van der Waals surface area contributed by atoms with Crippen LogP contribution < -0.4 is 4.72 Å². The summed E-state index contributed by atoms with van der Waals surface area (Å²) in [5.41, 5.74) is 0. The van der Waals surface area contributed by atoms with E-state index in [0.29, 0.717) is 4.90 Å². The van der Waals surface area contributed by atoms with E-state index in [4.69, 9.17) is 63.1 Å². The lowest BCUT2D eigenvalue weighted by atomic mass is 10.3. The Bertz CT molecular complexity index is 439. The fourth-order valence-corrected chi connectivity index (χ4v) is 3.05. The van der Waals surface area contributed by atoms with Gasteiger partial charge in [0.05, 0.1) is 30.0 Å². The highest BCUT2D eigenvalue weighted by Gasteiger charge is 2.19. The fourth-order valence-electron chi connectivity index (χ4n) is 0.844. The molecule has 1 aromatic rings. The molecule has 17 heavy (non-hydrogen) atoms. The number of nitrogens with one attached hydrogen (secondary N) is 1. The van der Waals surface area contributed by atoms with Crippen molar-refractivity contribution in [2.24, 2.45) is 0 Å². The quantitative estimate of drug-likeness (QED) is 0.469. The molecule has 9 heteroatoms. The van der Waals surface area contributed by atoms with Gasteiger partial charge < -0.3 is 5.11 Å². The van der Waals surface area contributed by atoms with Gasteiger partial charge in [0.2, 0.25) is 0 Å². The minimum Gasteiger partial charge on any atom is -0.480 e. The highest BCUT2D eigenvalue weighted by atomic mass is 35.5. The van der Waals surface area contributed by atoms with Crippen LogP contribution in [0.2, 0.25) is 25.1 Å². The van der Waals surface area contributed by atoms with E-state index < -0.39 is 5.97 Å². The van der Waals surface area contributed by atoms with Gasteiger partial charge in [-0.05, 0) is 11.9 Å². The zero-order valence-electron chi connectivity index (χ0n) is 7.86. The summed E-state index contributed by atoms with van der Waals surface area (Å²) in [4.78, 5) is 10.7. The summed E-state index contributed by atoms with van der Waals surface area (Å²) in [7, 11) is 0. The van der Waals surface area contributed by atoms with E-state index in [2.05, 4.69) is 4.72 Å². The summed E-state index contributed by atoms with van der Waals surface area (Å²) in [6.45, 7) is -0.269. The number of hydrogen-bond acceptors (Lipinski definition) is 3. The predicted molar refractivity (Wildman–Crippen MR) is 73.0 cm³/mol. The largest absolute Gasteiger partial charge is 0.480 e. The van der Waals surface area contributed by atoms with Gasteiger partial charge >= 0.3 is 5.97 Å². The number of carbonyl (C=O) groups is 1. The van der Waals surface area contributed by atoms with E-state index in [-0.39, 0.29) is 31.7 Å². The van der Waals surface area contributed by atoms with Gasteiger partial charge in [0.25, 0.3) is 0 Å². The van der Waals surface area contributed by atoms with Crippen molar-refractivity contribution < 1.29 is 9.90 Å². The molecule has 0 heterocycles. The lowest BCUT2D eigenvalue weighted by Crippen LogP contribution is -2.15. The summed E-state index contributed by atoms with van der Waals surface area (Å²) in [6, 6.07) is 0. The minimum absolute atomic E-state index is 0.0610. The van der Waals surface area contributed by atoms with Gasteiger partial charge in [0.15, 0.2) is 0 Å². The number of hydrogen-bond donors (Lipinski definition) is 2. The summed E-state index contributed by atoms with van der Waals surface area (Å²) < 4.78 is 2.54. The molecular weight excluding hydrogens is 351 g/mol. The number of carboxylic acid groups (broad SMARTS) is 1. The number of carboxylic acids is 1. The molecule has 0 aliphatic rings. The second-order valence-electron chi connectivity index (χ2n) is 2.72. The minimum atomic E-state index is -1.02. The van der Waals surface area contributed by atoms with Crippen molar-refractivity contribution in [3.63, 3.8) is 0 Å². The maximum absolute atomic E-state index is 10.3. The van der Waals surface area contributed by atoms with Gasteiger partial charge in [0.1, 0.15) is 6.54 Å². The number of benzene rings is 1. The Labute approximate surface area is 126 Å². The van der Waals surface area contributed by atoms with Crippen molar-refractivity contribution in [2.45, 2.75) is 4.90 Å². The van der Waals surface area contributed by atoms with Crippen molar-refractivity contribution in [2.75, 3.05) is 6.54 Å². The first-order valence-electron chi connectivity index (χ1n) is 3.99. The van der Waals surface area contributed by atoms with Gasteiger partial charge in [-0.25, -0.2) is 4.72 Å². The van der Waals surface area contributed by atoms with Gasteiger partial charge in [-0.15, -0.1) is 0 Å². The van der Waals surface area contributed by atoms with Gasteiger partial charge in [-0.2, -0.15) is 0 Å². The molecule has 0 bridgehead atoms. The van der Waals surface area contributed by atoms with Crippen molar-refractivity contribution in [1.29, 1.82) is 0 Å². The lowest BCUT2D eigenvalue weighted by Gasteiger charge is -2.11. The molecule has 0 atom stereocenters. The molecule has 94 valence electrons. The SMILES string of the molecule is O=C(O)CNSc1c(Cl)c(Cl)c(Cl)c(Cl)c1Cl. The highest BCUT2D eigenvalue weighted by Crippen LogP contribution is 2.47. The third-order valence-electron chi connectivity index (χ3n) is 1.57. The topological polar surface area (TPSA) is 49.3 Å². The Balaban J connectivity index is 3.03. The van der Waals surface area contributed by atoms with Crippen LogP contribution in [0.15, 0.2) is 4.90 Å². The average Bonchev–Trinajstić information content (AvgIpc) is 2.28. The Morgan fingerprint density at radius 3 is 1.82 bits per heavy atom. The third-order valence-corrected chi connectivity index (χ3v) is 4.97. The Kier molecular flexibility index (Phi) is 5.99. The van der Waals surface area contributed by atoms with E-state index in [9.17, 15) is 4.79 Å². The van der Waals surface area contributed by atoms with E-state index in [1.807, 2.05) is 0 Å². The molecule has 2 N–H and O–H groups in total. The van der Waals surface area contributed by atoms with Crippen LogP contribution in [-0.4, -0.2) is 17.6 Å². The van der Waals surface area contributed by atoms with Crippen molar-refractivity contribution in [3.8, 4) is 0 Å². The Hall–Kier alpha value is 0.450. The second kappa shape index (κ2) is 6.57. The van der Waals surface area contributed by atoms with Crippen LogP contribution in [0.4, 0.5) is 0 Å². The average molecular weight is 355 g/mol. The molecule has 1 aromatic carbocycles. The van der Waals surface area contributed by atoms with Crippen LogP contribution in [0, 0.1) is 0 Å². The van der Waals surface area contributed by atoms with Crippen molar-refractivity contribution >= 4 is 75.9 Å². The maximum Gasteiger partial charge on any atom is 0.318 e. The molecule has 0 spiro atoms. The molecule has 0 aliphatic heterocycles. The molecule has 0 fully saturated rings. The molecule has 1 rings (SSSR count). The normalized spacial score (nSPS) is 10.6. The number of aliphatic carboxylic acids is 1. The van der Waals surface area contributed by atoms with Crippen molar-refractivity contribution in [1.82, 2.24) is 4.72 Å². The molecule has 0 radical (unpaired) electrons. The molecule has 0 saturated carbocycles. The lowest BCUT2D eigenvalue weighted by molar-refractivity contribution is -0.135. The van der Waals surface area contributed by atoms with Crippen LogP contribution >= 0.6 is 70.0 Å². The molecule has 0 aromatic heterocycles. The zero-order chi connectivity index (χ0) is 13.2. The molecular formula is C8H4Cl5NO2S. The highest BCUT2D eigenvalue weighted by molar-refractivity contribution is 7.97. The van der Waals surface area contributed by atoms with Gasteiger partial charge in [-0.3, -0.25) is 4.79 Å². The Morgan fingerprint density at radius 2 is 1.41 bits per heavy atom. The summed E-state index contributed by atoms with van der Waals surface area (Å²) in [5, 5.41) is 8.91. The first-order valence-corrected chi connectivity index (χ1v) is 6.69. The summed E-state index contributed by atoms with van der Waals surface area (Å²) in [5.74, 6) is -1.02.